The zero-order valence-electron chi connectivity index (χ0n) is 15.5. The topological polar surface area (TPSA) is 80.2 Å². The van der Waals surface area contributed by atoms with Gasteiger partial charge >= 0.3 is 5.69 Å². The Morgan fingerprint density at radius 2 is 1.93 bits per heavy atom. The number of nitrogens with one attached hydrogen (secondary N) is 1. The second kappa shape index (κ2) is 8.08. The van der Waals surface area contributed by atoms with E-state index in [-0.39, 0.29) is 17.7 Å². The summed E-state index contributed by atoms with van der Waals surface area (Å²) in [5, 5.41) is 6.81. The number of aromatic nitrogens is 3. The van der Waals surface area contributed by atoms with Crippen LogP contribution in [0.2, 0.25) is 0 Å². The van der Waals surface area contributed by atoms with Crippen LogP contribution < -0.4 is 5.69 Å². The number of nitrogens with zero attached hydrogens (tertiary/aromatic N) is 3. The molecule has 0 saturated carbocycles. The van der Waals surface area contributed by atoms with Crippen molar-refractivity contribution in [2.75, 3.05) is 19.7 Å². The molecular formula is C20H26N4O3. The van der Waals surface area contributed by atoms with Crippen molar-refractivity contribution in [1.82, 2.24) is 19.7 Å². The highest BCUT2D eigenvalue weighted by Crippen LogP contribution is 2.24. The summed E-state index contributed by atoms with van der Waals surface area (Å²) < 4.78 is 7.29. The summed E-state index contributed by atoms with van der Waals surface area (Å²) >= 11 is 0. The number of ether oxygens (including phenoxy) is 1. The molecular weight excluding hydrogens is 344 g/mol. The van der Waals surface area contributed by atoms with Gasteiger partial charge in [0.05, 0.1) is 5.69 Å². The fraction of sp³-hybridized carbons (Fsp3) is 0.550. The summed E-state index contributed by atoms with van der Waals surface area (Å²) in [4.78, 5) is 26.7. The molecule has 1 unspecified atom stereocenters. The summed E-state index contributed by atoms with van der Waals surface area (Å²) in [5.74, 6) is 1.32. The standard InChI is InChI=1S/C20H26N4O3/c25-19(17-8-4-5-13-27-17)23-11-9-15(10-12-23)14-18-21-22-20(26)24(18)16-6-2-1-3-7-16/h1-3,6-7,15,17H,4-5,8-14H2,(H,22,26). The minimum atomic E-state index is -0.245. The minimum absolute atomic E-state index is 0.147. The lowest BCUT2D eigenvalue weighted by molar-refractivity contribution is -0.147. The molecule has 2 aliphatic rings. The summed E-state index contributed by atoms with van der Waals surface area (Å²) in [6, 6.07) is 9.57. The van der Waals surface area contributed by atoms with Crippen LogP contribution >= 0.6 is 0 Å². The van der Waals surface area contributed by atoms with Gasteiger partial charge in [-0.2, -0.15) is 5.10 Å². The molecule has 27 heavy (non-hydrogen) atoms. The zero-order chi connectivity index (χ0) is 18.6. The van der Waals surface area contributed by atoms with Gasteiger partial charge in [-0.25, -0.2) is 14.5 Å². The number of piperidine rings is 1. The van der Waals surface area contributed by atoms with Crippen LogP contribution in [0.4, 0.5) is 0 Å². The van der Waals surface area contributed by atoms with E-state index < -0.39 is 0 Å². The number of carbonyl (C=O) groups excluding carboxylic acids is 1. The first-order valence-corrected chi connectivity index (χ1v) is 9.84. The largest absolute Gasteiger partial charge is 0.368 e. The predicted molar refractivity (Wildman–Crippen MR) is 101 cm³/mol. The Labute approximate surface area is 158 Å². The summed E-state index contributed by atoms with van der Waals surface area (Å²) in [5.41, 5.74) is 0.617. The van der Waals surface area contributed by atoms with Crippen molar-refractivity contribution in [3.05, 3.63) is 46.6 Å². The number of para-hydroxylation sites is 1. The van der Waals surface area contributed by atoms with Gasteiger partial charge in [-0.3, -0.25) is 4.79 Å². The molecule has 1 aromatic heterocycles. The van der Waals surface area contributed by atoms with E-state index in [9.17, 15) is 9.59 Å². The van der Waals surface area contributed by atoms with Gasteiger partial charge in [-0.15, -0.1) is 0 Å². The Kier molecular flexibility index (Phi) is 5.38. The van der Waals surface area contributed by atoms with Crippen LogP contribution in [0.3, 0.4) is 0 Å². The second-order valence-electron chi connectivity index (χ2n) is 7.44. The lowest BCUT2D eigenvalue weighted by Crippen LogP contribution is -2.46. The number of carbonyl (C=O) groups is 1. The fourth-order valence-electron chi connectivity index (χ4n) is 4.06. The van der Waals surface area contributed by atoms with E-state index in [0.29, 0.717) is 12.5 Å². The average Bonchev–Trinajstić information content (AvgIpc) is 3.09. The van der Waals surface area contributed by atoms with Crippen molar-refractivity contribution in [3.8, 4) is 5.69 Å². The predicted octanol–water partition coefficient (Wildman–Crippen LogP) is 1.91. The number of amides is 1. The van der Waals surface area contributed by atoms with E-state index in [4.69, 9.17) is 4.74 Å². The van der Waals surface area contributed by atoms with Gasteiger partial charge < -0.3 is 9.64 Å². The monoisotopic (exact) mass is 370 g/mol. The van der Waals surface area contributed by atoms with Crippen LogP contribution in [0.25, 0.3) is 5.69 Å². The molecule has 0 aliphatic carbocycles. The van der Waals surface area contributed by atoms with E-state index >= 15 is 0 Å². The van der Waals surface area contributed by atoms with Gasteiger partial charge in [0.1, 0.15) is 11.9 Å². The number of hydrogen-bond donors (Lipinski definition) is 1. The Bertz CT molecular complexity index is 815. The summed E-state index contributed by atoms with van der Waals surface area (Å²) in [7, 11) is 0. The number of likely N-dealkylation sites (tertiary alicyclic amines) is 1. The summed E-state index contributed by atoms with van der Waals surface area (Å²) in [6.07, 6.45) is 5.31. The van der Waals surface area contributed by atoms with Crippen molar-refractivity contribution in [2.45, 2.75) is 44.6 Å². The van der Waals surface area contributed by atoms with Crippen molar-refractivity contribution < 1.29 is 9.53 Å². The quantitative estimate of drug-likeness (QED) is 0.892. The fourth-order valence-corrected chi connectivity index (χ4v) is 4.06. The maximum Gasteiger partial charge on any atom is 0.347 e. The molecule has 1 N–H and O–H groups in total. The Morgan fingerprint density at radius 1 is 1.15 bits per heavy atom. The van der Waals surface area contributed by atoms with Crippen LogP contribution in [0.5, 0.6) is 0 Å². The van der Waals surface area contributed by atoms with Crippen LogP contribution in [0, 0.1) is 5.92 Å². The molecule has 4 rings (SSSR count). The number of H-pyrrole nitrogens is 1. The van der Waals surface area contributed by atoms with E-state index in [1.165, 1.54) is 0 Å². The molecule has 1 atom stereocenters. The molecule has 0 radical (unpaired) electrons. The van der Waals surface area contributed by atoms with Crippen molar-refractivity contribution in [2.24, 2.45) is 5.92 Å². The zero-order valence-corrected chi connectivity index (χ0v) is 15.5. The Morgan fingerprint density at radius 3 is 2.63 bits per heavy atom. The molecule has 7 heteroatoms. The molecule has 144 valence electrons. The highest BCUT2D eigenvalue weighted by atomic mass is 16.5. The maximum atomic E-state index is 12.6. The number of aromatic amines is 1. The lowest BCUT2D eigenvalue weighted by atomic mass is 9.92. The first kappa shape index (κ1) is 18.0. The van der Waals surface area contributed by atoms with Gasteiger partial charge in [0.25, 0.3) is 5.91 Å². The van der Waals surface area contributed by atoms with Crippen LogP contribution in [0.1, 0.15) is 37.9 Å². The van der Waals surface area contributed by atoms with E-state index in [0.717, 1.165) is 63.1 Å². The third kappa shape index (κ3) is 3.98. The normalized spacial score (nSPS) is 21.3. The van der Waals surface area contributed by atoms with Gasteiger partial charge in [0.15, 0.2) is 0 Å². The van der Waals surface area contributed by atoms with Gasteiger partial charge in [-0.1, -0.05) is 18.2 Å². The maximum absolute atomic E-state index is 12.6. The molecule has 1 amide bonds. The lowest BCUT2D eigenvalue weighted by Gasteiger charge is -2.35. The molecule has 3 heterocycles. The first-order chi connectivity index (χ1) is 13.2. The number of rotatable bonds is 4. The molecule has 0 spiro atoms. The minimum Gasteiger partial charge on any atom is -0.368 e. The highest BCUT2D eigenvalue weighted by Gasteiger charge is 2.30. The first-order valence-electron chi connectivity index (χ1n) is 9.84. The van der Waals surface area contributed by atoms with Crippen molar-refractivity contribution in [1.29, 1.82) is 0 Å². The SMILES string of the molecule is O=C(C1CCCCO1)N1CCC(Cc2n[nH]c(=O)n2-c2ccccc2)CC1. The van der Waals surface area contributed by atoms with Crippen LogP contribution in [-0.2, 0) is 16.0 Å². The molecule has 2 saturated heterocycles. The van der Waals surface area contributed by atoms with Gasteiger partial charge in [-0.05, 0) is 50.2 Å². The van der Waals surface area contributed by atoms with E-state index in [1.54, 1.807) is 4.57 Å². The van der Waals surface area contributed by atoms with Crippen LogP contribution in [0.15, 0.2) is 35.1 Å². The van der Waals surface area contributed by atoms with Gasteiger partial charge in [0, 0.05) is 26.1 Å². The highest BCUT2D eigenvalue weighted by molar-refractivity contribution is 5.81. The molecule has 2 fully saturated rings. The van der Waals surface area contributed by atoms with Gasteiger partial charge in [0.2, 0.25) is 0 Å². The second-order valence-corrected chi connectivity index (χ2v) is 7.44. The number of benzene rings is 1. The smallest absolute Gasteiger partial charge is 0.347 e. The third-order valence-corrected chi connectivity index (χ3v) is 5.61. The summed E-state index contributed by atoms with van der Waals surface area (Å²) in [6.45, 7) is 2.20. The van der Waals surface area contributed by atoms with Crippen LogP contribution in [-0.4, -0.2) is 51.4 Å². The van der Waals surface area contributed by atoms with E-state index in [2.05, 4.69) is 10.2 Å². The molecule has 2 aromatic rings. The molecule has 2 aliphatic heterocycles. The average molecular weight is 370 g/mol. The molecule has 0 bridgehead atoms. The van der Waals surface area contributed by atoms with Crippen molar-refractivity contribution in [3.63, 3.8) is 0 Å². The van der Waals surface area contributed by atoms with E-state index in [1.807, 2.05) is 35.2 Å². The Balaban J connectivity index is 1.37. The Hall–Kier alpha value is -2.41. The number of hydrogen-bond acceptors (Lipinski definition) is 4. The third-order valence-electron chi connectivity index (χ3n) is 5.61. The molecule has 7 nitrogen and oxygen atoms in total. The van der Waals surface area contributed by atoms with Crippen molar-refractivity contribution >= 4 is 5.91 Å². The molecule has 1 aromatic carbocycles.